The van der Waals surface area contributed by atoms with Crippen LogP contribution in [-0.2, 0) is 10.1 Å². The quantitative estimate of drug-likeness (QED) is 0.351. The third kappa shape index (κ3) is 1.50. The van der Waals surface area contributed by atoms with Gasteiger partial charge in [-0.3, -0.25) is 0 Å². The Morgan fingerprint density at radius 1 is 1.73 bits per heavy atom. The molecular weight excluding hydrogens is 188 g/mol. The maximum absolute atomic E-state index is 10.4. The summed E-state index contributed by atoms with van der Waals surface area (Å²) in [4.78, 5) is 0. The van der Waals surface area contributed by atoms with Gasteiger partial charge in [0.15, 0.2) is 10.1 Å². The van der Waals surface area contributed by atoms with Crippen molar-refractivity contribution < 1.29 is 17.6 Å². The van der Waals surface area contributed by atoms with Crippen molar-refractivity contribution in [1.82, 2.24) is 0 Å². The fourth-order valence-corrected chi connectivity index (χ4v) is 2.22. The van der Waals surface area contributed by atoms with Crippen molar-refractivity contribution in [3.8, 4) is 0 Å². The molecule has 0 spiro atoms. The zero-order valence-electron chi connectivity index (χ0n) is 5.64. The lowest BCUT2D eigenvalue weighted by Gasteiger charge is -1.97. The third-order valence-electron chi connectivity index (χ3n) is 1.12. The van der Waals surface area contributed by atoms with Gasteiger partial charge >= 0.3 is 4.34 Å². The van der Waals surface area contributed by atoms with Gasteiger partial charge in [-0.2, -0.15) is 0 Å². The van der Waals surface area contributed by atoms with Crippen molar-refractivity contribution in [1.29, 1.82) is 0 Å². The van der Waals surface area contributed by atoms with Crippen molar-refractivity contribution in [2.24, 2.45) is 0 Å². The van der Waals surface area contributed by atoms with E-state index in [0.29, 0.717) is 5.69 Å². The van der Waals surface area contributed by atoms with E-state index in [4.69, 9.17) is 5.84 Å². The number of aromatic nitrogens is 1. The standard InChI is InChI=1S/C4H6N2O3S2/c1-3-2-10-4(6(3)5)11(7,8)9/h2H,5H2,1H3. The second-order valence-corrected chi connectivity index (χ2v) is 4.38. The highest BCUT2D eigenvalue weighted by atomic mass is 32.3. The molecule has 11 heavy (non-hydrogen) atoms. The van der Waals surface area contributed by atoms with Gasteiger partial charge in [0.2, 0.25) is 5.69 Å². The zero-order chi connectivity index (χ0) is 8.65. The number of nitrogen functional groups attached to an aromatic ring is 1. The van der Waals surface area contributed by atoms with E-state index >= 15 is 0 Å². The summed E-state index contributed by atoms with van der Waals surface area (Å²) in [6, 6.07) is 0. The van der Waals surface area contributed by atoms with E-state index in [2.05, 4.69) is 0 Å². The lowest BCUT2D eigenvalue weighted by molar-refractivity contribution is -0.677. The molecule has 0 aliphatic carbocycles. The Morgan fingerprint density at radius 2 is 2.27 bits per heavy atom. The average Bonchev–Trinajstić information content (AvgIpc) is 2.11. The predicted octanol–water partition coefficient (Wildman–Crippen LogP) is -1.04. The third-order valence-corrected chi connectivity index (χ3v) is 3.50. The van der Waals surface area contributed by atoms with Crippen LogP contribution < -0.4 is 10.5 Å². The van der Waals surface area contributed by atoms with Gasteiger partial charge in [0.25, 0.3) is 0 Å². The molecule has 2 N–H and O–H groups in total. The molecule has 0 atom stereocenters. The first kappa shape index (κ1) is 8.44. The van der Waals surface area contributed by atoms with E-state index in [0.717, 1.165) is 16.0 Å². The molecule has 0 fully saturated rings. The van der Waals surface area contributed by atoms with Gasteiger partial charge in [0.05, 0.1) is 5.38 Å². The number of aryl methyl sites for hydroxylation is 1. The van der Waals surface area contributed by atoms with E-state index in [9.17, 15) is 13.0 Å². The van der Waals surface area contributed by atoms with Crippen LogP contribution in [0.15, 0.2) is 9.72 Å². The van der Waals surface area contributed by atoms with Crippen LogP contribution in [0.5, 0.6) is 0 Å². The number of nitrogens with zero attached hydrogens (tertiary/aromatic N) is 1. The van der Waals surface area contributed by atoms with Crippen LogP contribution in [-0.4, -0.2) is 13.0 Å². The maximum Gasteiger partial charge on any atom is 0.370 e. The second kappa shape index (κ2) is 2.43. The number of nitrogens with two attached hydrogens (primary N) is 1. The van der Waals surface area contributed by atoms with E-state index < -0.39 is 10.1 Å². The van der Waals surface area contributed by atoms with Crippen LogP contribution in [0.2, 0.25) is 0 Å². The van der Waals surface area contributed by atoms with Crippen LogP contribution in [0.3, 0.4) is 0 Å². The van der Waals surface area contributed by atoms with E-state index in [1.807, 2.05) is 0 Å². The lowest BCUT2D eigenvalue weighted by Crippen LogP contribution is -2.49. The highest BCUT2D eigenvalue weighted by Crippen LogP contribution is 2.10. The molecule has 1 aromatic heterocycles. The van der Waals surface area contributed by atoms with Crippen molar-refractivity contribution in [3.05, 3.63) is 11.1 Å². The van der Waals surface area contributed by atoms with Crippen LogP contribution in [0.4, 0.5) is 0 Å². The molecule has 0 amide bonds. The van der Waals surface area contributed by atoms with Gasteiger partial charge in [-0.1, -0.05) is 16.0 Å². The molecule has 0 radical (unpaired) electrons. The molecule has 7 heteroatoms. The zero-order valence-corrected chi connectivity index (χ0v) is 7.28. The van der Waals surface area contributed by atoms with Crippen molar-refractivity contribution >= 4 is 21.5 Å². The highest BCUT2D eigenvalue weighted by Gasteiger charge is 2.20. The van der Waals surface area contributed by atoms with E-state index in [-0.39, 0.29) is 4.34 Å². The maximum atomic E-state index is 10.4. The monoisotopic (exact) mass is 194 g/mol. The summed E-state index contributed by atoms with van der Waals surface area (Å²) in [7, 11) is -4.41. The first-order valence-corrected chi connectivity index (χ1v) is 4.93. The summed E-state index contributed by atoms with van der Waals surface area (Å²) < 4.78 is 31.8. The topological polar surface area (TPSA) is 87.1 Å². The Hall–Kier alpha value is -0.660. The summed E-state index contributed by atoms with van der Waals surface area (Å²) in [5.41, 5.74) is 0.546. The molecule has 5 nitrogen and oxygen atoms in total. The fraction of sp³-hybridized carbons (Fsp3) is 0.250. The Kier molecular flexibility index (Phi) is 1.87. The fourth-order valence-electron chi connectivity index (χ4n) is 0.573. The van der Waals surface area contributed by atoms with Crippen LogP contribution in [0.1, 0.15) is 5.69 Å². The lowest BCUT2D eigenvalue weighted by atomic mass is 10.6. The van der Waals surface area contributed by atoms with Gasteiger partial charge in [0.1, 0.15) is 0 Å². The number of thiazole rings is 1. The van der Waals surface area contributed by atoms with Crippen molar-refractivity contribution in [2.45, 2.75) is 11.3 Å². The largest absolute Gasteiger partial charge is 0.739 e. The smallest absolute Gasteiger partial charge is 0.370 e. The number of hydrogen-bond donors (Lipinski definition) is 1. The SMILES string of the molecule is Cc1csc(S(=O)(=O)[O-])[n+]1N. The normalized spacial score (nSPS) is 11.8. The van der Waals surface area contributed by atoms with Gasteiger partial charge in [-0.05, 0) is 0 Å². The Balaban J connectivity index is 3.38. The Morgan fingerprint density at radius 3 is 2.45 bits per heavy atom. The molecule has 1 heterocycles. The predicted molar refractivity (Wildman–Crippen MR) is 37.4 cm³/mol. The van der Waals surface area contributed by atoms with Crippen molar-refractivity contribution in [2.75, 3.05) is 5.84 Å². The molecule has 0 aliphatic rings. The van der Waals surface area contributed by atoms with Gasteiger partial charge in [-0.25, -0.2) is 14.3 Å². The molecule has 0 aliphatic heterocycles. The minimum absolute atomic E-state index is 0.366. The molecule has 0 saturated carbocycles. The number of rotatable bonds is 1. The number of hydrogen-bond acceptors (Lipinski definition) is 5. The first-order valence-electron chi connectivity index (χ1n) is 2.64. The summed E-state index contributed by atoms with van der Waals surface area (Å²) in [5.74, 6) is 5.24. The highest BCUT2D eigenvalue weighted by molar-refractivity contribution is 7.87. The van der Waals surface area contributed by atoms with Crippen LogP contribution >= 0.6 is 11.3 Å². The minimum Gasteiger partial charge on any atom is -0.739 e. The van der Waals surface area contributed by atoms with Gasteiger partial charge in [0, 0.05) is 6.92 Å². The van der Waals surface area contributed by atoms with Gasteiger partial charge < -0.3 is 4.55 Å². The molecular formula is C4H6N2O3S2. The van der Waals surface area contributed by atoms with Crippen molar-refractivity contribution in [3.63, 3.8) is 0 Å². The first-order chi connectivity index (χ1) is 4.93. The van der Waals surface area contributed by atoms with Crippen LogP contribution in [0.25, 0.3) is 0 Å². The summed E-state index contributed by atoms with van der Waals surface area (Å²) in [6.07, 6.45) is 0. The van der Waals surface area contributed by atoms with E-state index in [1.165, 1.54) is 5.38 Å². The second-order valence-electron chi connectivity index (χ2n) is 1.97. The molecule has 62 valence electrons. The molecule has 0 aromatic carbocycles. The molecule has 0 saturated heterocycles. The molecule has 0 bridgehead atoms. The molecule has 1 rings (SSSR count). The average molecular weight is 194 g/mol. The molecule has 0 unspecified atom stereocenters. The summed E-state index contributed by atoms with van der Waals surface area (Å²) in [6.45, 7) is 1.62. The summed E-state index contributed by atoms with van der Waals surface area (Å²) >= 11 is 0.821. The van der Waals surface area contributed by atoms with Gasteiger partial charge in [-0.15, -0.1) is 0 Å². The summed E-state index contributed by atoms with van der Waals surface area (Å²) in [5, 5.41) is 1.50. The minimum atomic E-state index is -4.41. The Bertz CT molecular complexity index is 367. The van der Waals surface area contributed by atoms with E-state index in [1.54, 1.807) is 6.92 Å². The van der Waals surface area contributed by atoms with Crippen LogP contribution in [0, 0.1) is 6.92 Å². The Labute approximate surface area is 67.8 Å². The molecule has 1 aromatic rings.